The summed E-state index contributed by atoms with van der Waals surface area (Å²) in [4.78, 5) is 0. The Balaban J connectivity index is 2.31. The first-order chi connectivity index (χ1) is 6.77. The van der Waals surface area contributed by atoms with Crippen LogP contribution < -0.4 is 0 Å². The number of rotatable bonds is 4. The Morgan fingerprint density at radius 1 is 1.14 bits per heavy atom. The predicted molar refractivity (Wildman–Crippen MR) is 48.2 cm³/mol. The van der Waals surface area contributed by atoms with Crippen LogP contribution in [0.25, 0.3) is 0 Å². The van der Waals surface area contributed by atoms with Crippen molar-refractivity contribution < 1.29 is 27.6 Å². The fourth-order valence-corrected chi connectivity index (χ4v) is 1.98. The van der Waals surface area contributed by atoms with Crippen LogP contribution in [0.3, 0.4) is 0 Å². The van der Waals surface area contributed by atoms with Crippen molar-refractivity contribution in [3.63, 3.8) is 0 Å². The third-order valence-corrected chi connectivity index (χ3v) is 2.99. The van der Waals surface area contributed by atoms with Crippen LogP contribution in [0.4, 0.5) is 0 Å². The predicted octanol–water partition coefficient (Wildman–Crippen LogP) is 0.821. The fourth-order valence-electron chi connectivity index (χ4n) is 0.862. The summed E-state index contributed by atoms with van der Waals surface area (Å²) >= 11 is 0. The Hall–Kier alpha value is 0.0300. The molecule has 0 aliphatic carbocycles. The van der Waals surface area contributed by atoms with Crippen LogP contribution in [-0.4, -0.2) is 46.8 Å². The number of phosphoric acid groups is 1. The summed E-state index contributed by atoms with van der Waals surface area (Å²) in [6.45, 7) is 1.78. The summed E-state index contributed by atoms with van der Waals surface area (Å²) in [6, 6.07) is 0. The first-order valence-electron chi connectivity index (χ1n) is 4.37. The maximum absolute atomic E-state index is 11.7. The van der Waals surface area contributed by atoms with Crippen molar-refractivity contribution in [3.05, 3.63) is 0 Å². The van der Waals surface area contributed by atoms with E-state index in [-0.39, 0.29) is 19.8 Å². The molecule has 0 saturated carbocycles. The van der Waals surface area contributed by atoms with Crippen LogP contribution in [0, 0.1) is 0 Å². The molecule has 84 valence electrons. The van der Waals surface area contributed by atoms with E-state index in [1.165, 1.54) is 7.11 Å². The summed E-state index contributed by atoms with van der Waals surface area (Å²) < 4.78 is 36.4. The first kappa shape index (κ1) is 12.1. The molecule has 0 unspecified atom stereocenters. The van der Waals surface area contributed by atoms with Crippen LogP contribution >= 0.6 is 7.82 Å². The van der Waals surface area contributed by atoms with Gasteiger partial charge in [0.1, 0.15) is 0 Å². The van der Waals surface area contributed by atoms with Crippen LogP contribution in [0.5, 0.6) is 0 Å². The number of hydrogen-bond acceptors (Lipinski definition) is 6. The molecule has 6 nitrogen and oxygen atoms in total. The maximum atomic E-state index is 11.7. The fraction of sp³-hybridized carbons (Fsp3) is 1.00. The number of methoxy groups -OCH3 is 1. The van der Waals surface area contributed by atoms with Crippen molar-refractivity contribution in [2.75, 3.05) is 46.8 Å². The molecule has 1 aliphatic rings. The molecule has 0 bridgehead atoms. The molecule has 0 amide bonds. The van der Waals surface area contributed by atoms with E-state index in [0.717, 1.165) is 0 Å². The molecule has 0 spiro atoms. The molecule has 1 heterocycles. The molecule has 1 fully saturated rings. The standard InChI is InChI=1S/C7H15O6P/c1-9-2-5-11-14(8)12-6-3-10-4-7-13-14/h2-7H2,1H3. The van der Waals surface area contributed by atoms with E-state index in [9.17, 15) is 4.57 Å². The summed E-state index contributed by atoms with van der Waals surface area (Å²) in [7, 11) is -1.84. The minimum absolute atomic E-state index is 0.189. The molecule has 1 aliphatic heterocycles. The van der Waals surface area contributed by atoms with Crippen molar-refractivity contribution in [1.29, 1.82) is 0 Å². The van der Waals surface area contributed by atoms with E-state index in [1.54, 1.807) is 0 Å². The van der Waals surface area contributed by atoms with E-state index >= 15 is 0 Å². The van der Waals surface area contributed by atoms with Gasteiger partial charge in [-0.25, -0.2) is 4.57 Å². The Morgan fingerprint density at radius 3 is 2.36 bits per heavy atom. The second-order valence-corrected chi connectivity index (χ2v) is 4.22. The molecule has 1 rings (SSSR count). The highest BCUT2D eigenvalue weighted by atomic mass is 31.2. The maximum Gasteiger partial charge on any atom is 0.475 e. The zero-order valence-corrected chi connectivity index (χ0v) is 9.03. The van der Waals surface area contributed by atoms with E-state index in [1.807, 2.05) is 0 Å². The third kappa shape index (κ3) is 4.50. The third-order valence-electron chi connectivity index (χ3n) is 1.49. The molecule has 0 atom stereocenters. The smallest absolute Gasteiger partial charge is 0.382 e. The van der Waals surface area contributed by atoms with Gasteiger partial charge >= 0.3 is 7.82 Å². The lowest BCUT2D eigenvalue weighted by Crippen LogP contribution is -2.15. The van der Waals surface area contributed by atoms with E-state index < -0.39 is 7.82 Å². The number of ether oxygens (including phenoxy) is 2. The summed E-state index contributed by atoms with van der Waals surface area (Å²) in [6.07, 6.45) is 0. The van der Waals surface area contributed by atoms with Crippen LogP contribution in [0.1, 0.15) is 0 Å². The average molecular weight is 226 g/mol. The summed E-state index contributed by atoms with van der Waals surface area (Å²) in [5.74, 6) is 0. The Kier molecular flexibility index (Phi) is 5.62. The lowest BCUT2D eigenvalue weighted by atomic mass is 10.7. The van der Waals surface area contributed by atoms with E-state index in [2.05, 4.69) is 0 Å². The average Bonchev–Trinajstić information content (AvgIpc) is 2.13. The van der Waals surface area contributed by atoms with Gasteiger partial charge in [0.05, 0.1) is 39.6 Å². The van der Waals surface area contributed by atoms with Crippen LogP contribution in [-0.2, 0) is 27.6 Å². The molecule has 0 aromatic heterocycles. The zero-order valence-electron chi connectivity index (χ0n) is 8.14. The molecule has 7 heteroatoms. The number of phosphoric ester groups is 1. The molecular formula is C7H15O6P. The van der Waals surface area contributed by atoms with E-state index in [0.29, 0.717) is 19.8 Å². The molecule has 14 heavy (non-hydrogen) atoms. The van der Waals surface area contributed by atoms with Crippen LogP contribution in [0.15, 0.2) is 0 Å². The molecule has 0 N–H and O–H groups in total. The summed E-state index contributed by atoms with van der Waals surface area (Å²) in [5, 5.41) is 0. The van der Waals surface area contributed by atoms with Crippen molar-refractivity contribution >= 4 is 7.82 Å². The first-order valence-corrected chi connectivity index (χ1v) is 5.83. The van der Waals surface area contributed by atoms with Gasteiger partial charge in [0, 0.05) is 7.11 Å². The van der Waals surface area contributed by atoms with Crippen molar-refractivity contribution in [3.8, 4) is 0 Å². The highest BCUT2D eigenvalue weighted by Gasteiger charge is 2.27. The second-order valence-electron chi connectivity index (χ2n) is 2.55. The quantitative estimate of drug-likeness (QED) is 0.522. The van der Waals surface area contributed by atoms with Gasteiger partial charge in [-0.3, -0.25) is 13.6 Å². The zero-order chi connectivity index (χ0) is 10.3. The van der Waals surface area contributed by atoms with Gasteiger partial charge < -0.3 is 9.47 Å². The molecule has 0 radical (unpaired) electrons. The highest BCUT2D eigenvalue weighted by Crippen LogP contribution is 2.49. The largest absolute Gasteiger partial charge is 0.475 e. The molecule has 0 aromatic carbocycles. The summed E-state index contributed by atoms with van der Waals surface area (Å²) in [5.41, 5.74) is 0. The van der Waals surface area contributed by atoms with Crippen molar-refractivity contribution in [2.24, 2.45) is 0 Å². The molecular weight excluding hydrogens is 211 g/mol. The van der Waals surface area contributed by atoms with Crippen molar-refractivity contribution in [1.82, 2.24) is 0 Å². The minimum Gasteiger partial charge on any atom is -0.382 e. The second kappa shape index (κ2) is 6.50. The van der Waals surface area contributed by atoms with Gasteiger partial charge in [0.2, 0.25) is 0 Å². The Morgan fingerprint density at radius 2 is 1.79 bits per heavy atom. The Bertz CT molecular complexity index is 185. The van der Waals surface area contributed by atoms with Gasteiger partial charge in [0.25, 0.3) is 0 Å². The normalized spacial score (nSPS) is 22.6. The van der Waals surface area contributed by atoms with Gasteiger partial charge in [-0.05, 0) is 0 Å². The van der Waals surface area contributed by atoms with Crippen molar-refractivity contribution in [2.45, 2.75) is 0 Å². The SMILES string of the molecule is COCCOP1(=O)OCCOCCO1. The van der Waals surface area contributed by atoms with Gasteiger partial charge in [0.15, 0.2) is 0 Å². The molecule has 0 aromatic rings. The Labute approximate surface area is 83.0 Å². The monoisotopic (exact) mass is 226 g/mol. The van der Waals surface area contributed by atoms with Crippen LogP contribution in [0.2, 0.25) is 0 Å². The lowest BCUT2D eigenvalue weighted by Gasteiger charge is -2.20. The van der Waals surface area contributed by atoms with Gasteiger partial charge in [-0.15, -0.1) is 0 Å². The number of hydrogen-bond donors (Lipinski definition) is 0. The van der Waals surface area contributed by atoms with Gasteiger partial charge in [-0.2, -0.15) is 0 Å². The van der Waals surface area contributed by atoms with E-state index in [4.69, 9.17) is 23.0 Å². The highest BCUT2D eigenvalue weighted by molar-refractivity contribution is 7.48. The lowest BCUT2D eigenvalue weighted by molar-refractivity contribution is 0.0116. The van der Waals surface area contributed by atoms with Gasteiger partial charge in [-0.1, -0.05) is 0 Å². The topological polar surface area (TPSA) is 63.2 Å². The molecule has 1 saturated heterocycles. The minimum atomic E-state index is -3.37.